The molecule has 3 nitrogen and oxygen atoms in total. The molecule has 0 N–H and O–H groups in total. The van der Waals surface area contributed by atoms with E-state index in [0.717, 1.165) is 12.8 Å². The van der Waals surface area contributed by atoms with Gasteiger partial charge in [0, 0.05) is 18.0 Å². The number of carbonyl (C=O) groups is 1. The molecule has 2 aromatic rings. The first-order valence-electron chi connectivity index (χ1n) is 6.52. The van der Waals surface area contributed by atoms with Crippen molar-refractivity contribution in [3.8, 4) is 0 Å². The third-order valence-electron chi connectivity index (χ3n) is 3.99. The average Bonchev–Trinajstić information content (AvgIpc) is 3.11. The summed E-state index contributed by atoms with van der Waals surface area (Å²) >= 11 is 0. The minimum atomic E-state index is -0.730. The maximum absolute atomic E-state index is 14.1. The fourth-order valence-electron chi connectivity index (χ4n) is 3.05. The Balaban J connectivity index is 2.10. The van der Waals surface area contributed by atoms with E-state index in [1.165, 1.54) is 17.0 Å². The van der Waals surface area contributed by atoms with Gasteiger partial charge in [-0.15, -0.1) is 0 Å². The average molecular weight is 258 g/mol. The maximum Gasteiger partial charge on any atom is 0.242 e. The van der Waals surface area contributed by atoms with E-state index in [2.05, 4.69) is 4.98 Å². The van der Waals surface area contributed by atoms with Crippen LogP contribution in [0.4, 0.5) is 4.39 Å². The minimum absolute atomic E-state index is 0.0763. The molecule has 0 unspecified atom stereocenters. The van der Waals surface area contributed by atoms with E-state index in [-0.39, 0.29) is 11.7 Å². The van der Waals surface area contributed by atoms with Crippen molar-refractivity contribution in [1.82, 2.24) is 9.55 Å². The second kappa shape index (κ2) is 4.61. The number of hydrogen-bond acceptors (Lipinski definition) is 2. The molecule has 0 spiro atoms. The first-order chi connectivity index (χ1) is 9.24. The van der Waals surface area contributed by atoms with Gasteiger partial charge in [-0.1, -0.05) is 31.0 Å². The highest BCUT2D eigenvalue weighted by Gasteiger charge is 2.44. The highest BCUT2D eigenvalue weighted by molar-refractivity contribution is 5.90. The molecule has 19 heavy (non-hydrogen) atoms. The van der Waals surface area contributed by atoms with Crippen LogP contribution in [0.5, 0.6) is 0 Å². The van der Waals surface area contributed by atoms with Crippen LogP contribution in [0, 0.1) is 5.82 Å². The van der Waals surface area contributed by atoms with Crippen molar-refractivity contribution >= 4 is 5.91 Å². The maximum atomic E-state index is 14.1. The van der Waals surface area contributed by atoms with E-state index >= 15 is 0 Å². The van der Waals surface area contributed by atoms with Gasteiger partial charge in [-0.3, -0.25) is 9.36 Å². The Morgan fingerprint density at radius 1 is 1.26 bits per heavy atom. The summed E-state index contributed by atoms with van der Waals surface area (Å²) in [6, 6.07) is 6.61. The Morgan fingerprint density at radius 2 is 2.00 bits per heavy atom. The summed E-state index contributed by atoms with van der Waals surface area (Å²) in [4.78, 5) is 16.6. The summed E-state index contributed by atoms with van der Waals surface area (Å²) in [6.45, 7) is 0. The molecule has 0 radical (unpaired) electrons. The summed E-state index contributed by atoms with van der Waals surface area (Å²) in [5.74, 6) is -0.370. The second-order valence-corrected chi connectivity index (χ2v) is 5.04. The molecular weight excluding hydrogens is 243 g/mol. The number of benzene rings is 1. The lowest BCUT2D eigenvalue weighted by atomic mass is 9.77. The number of aromatic nitrogens is 2. The van der Waals surface area contributed by atoms with Crippen molar-refractivity contribution in [2.75, 3.05) is 0 Å². The van der Waals surface area contributed by atoms with Gasteiger partial charge in [0.05, 0.1) is 5.41 Å². The zero-order chi connectivity index (χ0) is 13.3. The number of imidazole rings is 1. The Bertz CT molecular complexity index is 586. The van der Waals surface area contributed by atoms with Crippen LogP contribution in [0.2, 0.25) is 0 Å². The smallest absolute Gasteiger partial charge is 0.242 e. The minimum Gasteiger partial charge on any atom is -0.276 e. The van der Waals surface area contributed by atoms with E-state index in [9.17, 15) is 9.18 Å². The standard InChI is InChI=1S/C15H15FN2O/c16-13-6-2-1-5-12(13)15(7-3-4-8-15)14(19)18-10-9-17-11-18/h1-2,5-6,9-11H,3-4,7-8H2. The highest BCUT2D eigenvalue weighted by atomic mass is 19.1. The van der Waals surface area contributed by atoms with Gasteiger partial charge in [-0.25, -0.2) is 9.37 Å². The molecule has 0 saturated heterocycles. The van der Waals surface area contributed by atoms with Crippen LogP contribution in [0.15, 0.2) is 43.0 Å². The van der Waals surface area contributed by atoms with Crippen LogP contribution in [-0.2, 0) is 5.41 Å². The van der Waals surface area contributed by atoms with Crippen molar-refractivity contribution in [2.45, 2.75) is 31.1 Å². The SMILES string of the molecule is O=C(n1ccnc1)C1(c2ccccc2F)CCCC1. The summed E-state index contributed by atoms with van der Waals surface area (Å²) in [7, 11) is 0. The molecule has 0 amide bonds. The van der Waals surface area contributed by atoms with Gasteiger partial charge in [0.25, 0.3) is 0 Å². The molecule has 1 heterocycles. The van der Waals surface area contributed by atoms with E-state index < -0.39 is 5.41 Å². The summed E-state index contributed by atoms with van der Waals surface area (Å²) in [6.07, 6.45) is 7.99. The predicted octanol–water partition coefficient (Wildman–Crippen LogP) is 3.17. The number of nitrogens with zero attached hydrogens (tertiary/aromatic N) is 2. The monoisotopic (exact) mass is 258 g/mol. The van der Waals surface area contributed by atoms with E-state index in [0.29, 0.717) is 18.4 Å². The number of hydrogen-bond donors (Lipinski definition) is 0. The van der Waals surface area contributed by atoms with E-state index in [1.54, 1.807) is 30.6 Å². The molecule has 1 aliphatic rings. The largest absolute Gasteiger partial charge is 0.276 e. The van der Waals surface area contributed by atoms with Crippen LogP contribution in [0.1, 0.15) is 36.0 Å². The Hall–Kier alpha value is -1.97. The van der Waals surface area contributed by atoms with Gasteiger partial charge in [0.1, 0.15) is 12.1 Å². The van der Waals surface area contributed by atoms with Crippen LogP contribution in [-0.4, -0.2) is 15.5 Å². The van der Waals surface area contributed by atoms with Gasteiger partial charge in [0.2, 0.25) is 5.91 Å². The third-order valence-corrected chi connectivity index (χ3v) is 3.99. The first-order valence-corrected chi connectivity index (χ1v) is 6.52. The molecule has 1 fully saturated rings. The van der Waals surface area contributed by atoms with Crippen LogP contribution < -0.4 is 0 Å². The lowest BCUT2D eigenvalue weighted by molar-refractivity contribution is 0.0793. The van der Waals surface area contributed by atoms with E-state index in [4.69, 9.17) is 0 Å². The molecule has 0 bridgehead atoms. The molecule has 1 aliphatic carbocycles. The van der Waals surface area contributed by atoms with Crippen LogP contribution in [0.3, 0.4) is 0 Å². The van der Waals surface area contributed by atoms with Crippen molar-refractivity contribution in [2.24, 2.45) is 0 Å². The zero-order valence-electron chi connectivity index (χ0n) is 10.6. The second-order valence-electron chi connectivity index (χ2n) is 5.04. The molecule has 1 aromatic carbocycles. The zero-order valence-corrected chi connectivity index (χ0v) is 10.6. The van der Waals surface area contributed by atoms with Crippen molar-refractivity contribution < 1.29 is 9.18 Å². The first kappa shape index (κ1) is 12.1. The molecule has 3 rings (SSSR count). The van der Waals surface area contributed by atoms with Gasteiger partial charge in [-0.05, 0) is 18.9 Å². The third kappa shape index (κ3) is 1.87. The lowest BCUT2D eigenvalue weighted by Crippen LogP contribution is -2.37. The summed E-state index contributed by atoms with van der Waals surface area (Å²) in [5, 5.41) is 0. The normalized spacial score (nSPS) is 17.5. The van der Waals surface area contributed by atoms with Crippen molar-refractivity contribution in [3.05, 3.63) is 54.4 Å². The molecule has 1 saturated carbocycles. The molecule has 4 heteroatoms. The Morgan fingerprint density at radius 3 is 2.63 bits per heavy atom. The molecule has 0 aliphatic heterocycles. The predicted molar refractivity (Wildman–Crippen MR) is 69.4 cm³/mol. The van der Waals surface area contributed by atoms with Crippen molar-refractivity contribution in [3.63, 3.8) is 0 Å². The molecular formula is C15H15FN2O. The van der Waals surface area contributed by atoms with Gasteiger partial charge >= 0.3 is 0 Å². The number of halogens is 1. The van der Waals surface area contributed by atoms with Gasteiger partial charge < -0.3 is 0 Å². The topological polar surface area (TPSA) is 34.9 Å². The Labute approximate surface area is 111 Å². The molecule has 98 valence electrons. The Kier molecular flexibility index (Phi) is 2.93. The van der Waals surface area contributed by atoms with Gasteiger partial charge in [-0.2, -0.15) is 0 Å². The van der Waals surface area contributed by atoms with Crippen LogP contribution in [0.25, 0.3) is 0 Å². The van der Waals surface area contributed by atoms with Crippen molar-refractivity contribution in [1.29, 1.82) is 0 Å². The lowest BCUT2D eigenvalue weighted by Gasteiger charge is -2.28. The number of carbonyl (C=O) groups excluding carboxylic acids is 1. The summed E-state index contributed by atoms with van der Waals surface area (Å²) < 4.78 is 15.6. The molecule has 1 aromatic heterocycles. The number of rotatable bonds is 2. The van der Waals surface area contributed by atoms with Gasteiger partial charge in [0.15, 0.2) is 0 Å². The van der Waals surface area contributed by atoms with Crippen LogP contribution >= 0.6 is 0 Å². The fraction of sp³-hybridized carbons (Fsp3) is 0.333. The van der Waals surface area contributed by atoms with E-state index in [1.807, 2.05) is 0 Å². The fourth-order valence-corrected chi connectivity index (χ4v) is 3.05. The quantitative estimate of drug-likeness (QED) is 0.829. The highest BCUT2D eigenvalue weighted by Crippen LogP contribution is 2.43. The molecule has 0 atom stereocenters. The summed E-state index contributed by atoms with van der Waals surface area (Å²) in [5.41, 5.74) is -0.210.